The molecule has 3 nitrogen and oxygen atoms in total. The lowest BCUT2D eigenvalue weighted by atomic mass is 9.98. The lowest BCUT2D eigenvalue weighted by Gasteiger charge is -2.23. The van der Waals surface area contributed by atoms with Gasteiger partial charge in [-0.3, -0.25) is 0 Å². The first-order valence-electron chi connectivity index (χ1n) is 7.54. The maximum atomic E-state index is 12.8. The average Bonchev–Trinajstić information content (AvgIpc) is 3.14. The van der Waals surface area contributed by atoms with E-state index in [0.717, 1.165) is 49.2 Å². The topological polar surface area (TPSA) is 28.2 Å². The van der Waals surface area contributed by atoms with Gasteiger partial charge >= 0.3 is 6.18 Å². The molecule has 7 heteroatoms. The van der Waals surface area contributed by atoms with Crippen LogP contribution in [0, 0.1) is 0 Å². The summed E-state index contributed by atoms with van der Waals surface area (Å²) in [4.78, 5) is 7.14. The number of aryl methyl sites for hydroxylation is 1. The van der Waals surface area contributed by atoms with Gasteiger partial charge in [-0.25, -0.2) is 4.98 Å². The summed E-state index contributed by atoms with van der Waals surface area (Å²) in [5.74, 6) is 0. The minimum Gasteiger partial charge on any atom is -0.336 e. The maximum Gasteiger partial charge on any atom is 0.406 e. The molecule has 3 rings (SSSR count). The Labute approximate surface area is 126 Å². The monoisotopic (exact) mass is 319 g/mol. The number of hydrogen-bond acceptors (Lipinski definition) is 4. The standard InChI is InChI=1S/C14H20F3N3S/c1-2-18-10-4-3-5-11-12(10)21-13(19-11)20(9-6-7-9)8-14(15,16)17/h9-10,18H,2-8H2,1H3. The van der Waals surface area contributed by atoms with E-state index in [4.69, 9.17) is 0 Å². The Kier molecular flexibility index (Phi) is 4.14. The van der Waals surface area contributed by atoms with Gasteiger partial charge in [0.15, 0.2) is 5.13 Å². The summed E-state index contributed by atoms with van der Waals surface area (Å²) in [5.41, 5.74) is 1.00. The molecule has 1 heterocycles. The number of thiazole rings is 1. The van der Waals surface area contributed by atoms with E-state index in [1.807, 2.05) is 0 Å². The molecule has 1 aromatic heterocycles. The van der Waals surface area contributed by atoms with Gasteiger partial charge in [-0.1, -0.05) is 18.3 Å². The van der Waals surface area contributed by atoms with Crippen molar-refractivity contribution in [1.82, 2.24) is 10.3 Å². The number of halogens is 3. The van der Waals surface area contributed by atoms with Gasteiger partial charge < -0.3 is 10.2 Å². The molecule has 118 valence electrons. The Morgan fingerprint density at radius 1 is 1.33 bits per heavy atom. The summed E-state index contributed by atoms with van der Waals surface area (Å²) in [6, 6.07) is 0.286. The minimum atomic E-state index is -4.17. The molecule has 0 amide bonds. The molecule has 0 spiro atoms. The molecule has 1 aromatic rings. The van der Waals surface area contributed by atoms with Crippen LogP contribution in [0.2, 0.25) is 0 Å². The molecule has 0 bridgehead atoms. The third kappa shape index (κ3) is 3.51. The Morgan fingerprint density at radius 3 is 2.71 bits per heavy atom. The van der Waals surface area contributed by atoms with Crippen LogP contribution in [0.25, 0.3) is 0 Å². The molecule has 1 atom stereocenters. The summed E-state index contributed by atoms with van der Waals surface area (Å²) >= 11 is 1.45. The van der Waals surface area contributed by atoms with Gasteiger partial charge in [-0.05, 0) is 38.6 Å². The normalized spacial score (nSPS) is 22.2. The highest BCUT2D eigenvalue weighted by atomic mass is 32.1. The zero-order valence-corrected chi connectivity index (χ0v) is 12.9. The molecular weight excluding hydrogens is 299 g/mol. The van der Waals surface area contributed by atoms with Crippen molar-refractivity contribution in [3.63, 3.8) is 0 Å². The van der Waals surface area contributed by atoms with Crippen LogP contribution in [-0.2, 0) is 6.42 Å². The van der Waals surface area contributed by atoms with Gasteiger partial charge in [-0.2, -0.15) is 13.2 Å². The number of alkyl halides is 3. The number of fused-ring (bicyclic) bond motifs is 1. The van der Waals surface area contributed by atoms with Gasteiger partial charge in [0, 0.05) is 17.0 Å². The lowest BCUT2D eigenvalue weighted by Crippen LogP contribution is -2.35. The molecule has 2 aliphatic rings. The van der Waals surface area contributed by atoms with Gasteiger partial charge in [0.05, 0.1) is 5.69 Å². The smallest absolute Gasteiger partial charge is 0.336 e. The predicted molar refractivity (Wildman–Crippen MR) is 77.9 cm³/mol. The lowest BCUT2D eigenvalue weighted by molar-refractivity contribution is -0.120. The SMILES string of the molecule is CCNC1CCCc2nc(N(CC(F)(F)F)C3CC3)sc21. The molecule has 0 radical (unpaired) electrons. The molecule has 1 N–H and O–H groups in total. The summed E-state index contributed by atoms with van der Waals surface area (Å²) in [6.07, 6.45) is 0.504. The molecule has 1 fully saturated rings. The van der Waals surface area contributed by atoms with E-state index in [0.29, 0.717) is 5.13 Å². The van der Waals surface area contributed by atoms with E-state index in [1.165, 1.54) is 16.2 Å². The number of hydrogen-bond donors (Lipinski definition) is 1. The average molecular weight is 319 g/mol. The van der Waals surface area contributed by atoms with Crippen LogP contribution in [0.4, 0.5) is 18.3 Å². The highest BCUT2D eigenvalue weighted by Crippen LogP contribution is 2.41. The highest BCUT2D eigenvalue weighted by molar-refractivity contribution is 7.15. The van der Waals surface area contributed by atoms with Gasteiger partial charge in [-0.15, -0.1) is 0 Å². The van der Waals surface area contributed by atoms with Crippen LogP contribution >= 0.6 is 11.3 Å². The number of nitrogens with one attached hydrogen (secondary N) is 1. The first kappa shape index (κ1) is 15.1. The van der Waals surface area contributed by atoms with Crippen LogP contribution in [0.3, 0.4) is 0 Å². The third-order valence-electron chi connectivity index (χ3n) is 3.97. The van der Waals surface area contributed by atoms with Crippen LogP contribution < -0.4 is 10.2 Å². The van der Waals surface area contributed by atoms with E-state index >= 15 is 0 Å². The molecule has 0 aliphatic heterocycles. The summed E-state index contributed by atoms with van der Waals surface area (Å²) in [6.45, 7) is 2.04. The molecule has 0 aromatic carbocycles. The first-order valence-corrected chi connectivity index (χ1v) is 8.36. The van der Waals surface area contributed by atoms with Crippen molar-refractivity contribution < 1.29 is 13.2 Å². The second-order valence-corrected chi connectivity index (χ2v) is 6.79. The molecule has 1 unspecified atom stereocenters. The van der Waals surface area contributed by atoms with E-state index in [-0.39, 0.29) is 12.1 Å². The van der Waals surface area contributed by atoms with E-state index < -0.39 is 12.7 Å². The number of rotatable bonds is 5. The van der Waals surface area contributed by atoms with E-state index in [2.05, 4.69) is 17.2 Å². The van der Waals surface area contributed by atoms with Crippen molar-refractivity contribution in [3.8, 4) is 0 Å². The van der Waals surface area contributed by atoms with Gasteiger partial charge in [0.1, 0.15) is 6.54 Å². The fraction of sp³-hybridized carbons (Fsp3) is 0.786. The fourth-order valence-electron chi connectivity index (χ4n) is 2.90. The van der Waals surface area contributed by atoms with Crippen molar-refractivity contribution in [2.75, 3.05) is 18.0 Å². The van der Waals surface area contributed by atoms with E-state index in [9.17, 15) is 13.2 Å². The fourth-order valence-corrected chi connectivity index (χ4v) is 4.20. The molecule has 21 heavy (non-hydrogen) atoms. The van der Waals surface area contributed by atoms with Crippen molar-refractivity contribution >= 4 is 16.5 Å². The molecule has 2 aliphatic carbocycles. The molecular formula is C14H20F3N3S. The van der Waals surface area contributed by atoms with Crippen molar-refractivity contribution in [2.45, 2.75) is 57.3 Å². The summed E-state index contributed by atoms with van der Waals surface area (Å²) < 4.78 is 38.3. The van der Waals surface area contributed by atoms with Gasteiger partial charge in [0.25, 0.3) is 0 Å². The maximum absolute atomic E-state index is 12.8. The van der Waals surface area contributed by atoms with Crippen LogP contribution in [0.5, 0.6) is 0 Å². The number of nitrogens with zero attached hydrogens (tertiary/aromatic N) is 2. The molecule has 1 saturated carbocycles. The zero-order valence-electron chi connectivity index (χ0n) is 12.0. The van der Waals surface area contributed by atoms with Crippen molar-refractivity contribution in [3.05, 3.63) is 10.6 Å². The number of aromatic nitrogens is 1. The van der Waals surface area contributed by atoms with Crippen LogP contribution in [0.1, 0.15) is 49.2 Å². The summed E-state index contributed by atoms with van der Waals surface area (Å²) in [7, 11) is 0. The highest BCUT2D eigenvalue weighted by Gasteiger charge is 2.40. The Hall–Kier alpha value is -0.820. The van der Waals surface area contributed by atoms with E-state index in [1.54, 1.807) is 0 Å². The van der Waals surface area contributed by atoms with Crippen molar-refractivity contribution in [1.29, 1.82) is 0 Å². The second kappa shape index (κ2) is 5.76. The Bertz CT molecular complexity index is 496. The third-order valence-corrected chi connectivity index (χ3v) is 5.22. The zero-order chi connectivity index (χ0) is 15.0. The molecule has 0 saturated heterocycles. The first-order chi connectivity index (χ1) is 9.98. The van der Waals surface area contributed by atoms with Crippen LogP contribution in [-0.4, -0.2) is 30.3 Å². The van der Waals surface area contributed by atoms with Crippen LogP contribution in [0.15, 0.2) is 0 Å². The van der Waals surface area contributed by atoms with Crippen molar-refractivity contribution in [2.24, 2.45) is 0 Å². The Balaban J connectivity index is 1.84. The number of anilines is 1. The summed E-state index contributed by atoms with van der Waals surface area (Å²) in [5, 5.41) is 3.98. The largest absolute Gasteiger partial charge is 0.406 e. The Morgan fingerprint density at radius 2 is 2.10 bits per heavy atom. The van der Waals surface area contributed by atoms with Gasteiger partial charge in [0.2, 0.25) is 0 Å². The predicted octanol–water partition coefficient (Wildman–Crippen LogP) is 3.66. The quantitative estimate of drug-likeness (QED) is 0.898. The second-order valence-electron chi connectivity index (χ2n) is 5.78. The minimum absolute atomic E-state index is 0.0248.